The predicted molar refractivity (Wildman–Crippen MR) is 69.1 cm³/mol. The number of hydrogen-bond donors (Lipinski definition) is 1. The number of benzene rings is 1. The standard InChI is InChI=1S/C13H16BrF2NO/c14-10-3-4-11(15)9(12(10)16)7-18-8-13(17)5-1-2-6-13/h3-4H,1-2,5-8,17H2. The van der Waals surface area contributed by atoms with Gasteiger partial charge in [-0.3, -0.25) is 0 Å². The van der Waals surface area contributed by atoms with Crippen molar-refractivity contribution >= 4 is 15.9 Å². The molecule has 2 N–H and O–H groups in total. The summed E-state index contributed by atoms with van der Waals surface area (Å²) in [7, 11) is 0. The van der Waals surface area contributed by atoms with E-state index in [-0.39, 0.29) is 22.2 Å². The van der Waals surface area contributed by atoms with Crippen LogP contribution in [0.5, 0.6) is 0 Å². The van der Waals surface area contributed by atoms with E-state index < -0.39 is 11.6 Å². The molecule has 0 spiro atoms. The monoisotopic (exact) mass is 319 g/mol. The number of hydrogen-bond acceptors (Lipinski definition) is 2. The highest BCUT2D eigenvalue weighted by Crippen LogP contribution is 2.28. The van der Waals surface area contributed by atoms with Crippen molar-refractivity contribution in [3.05, 3.63) is 33.8 Å². The molecule has 1 aromatic carbocycles. The van der Waals surface area contributed by atoms with Crippen molar-refractivity contribution in [3.8, 4) is 0 Å². The molecule has 0 atom stereocenters. The molecule has 0 amide bonds. The minimum atomic E-state index is -0.604. The molecule has 0 aromatic heterocycles. The summed E-state index contributed by atoms with van der Waals surface area (Å²) < 4.78 is 32.8. The van der Waals surface area contributed by atoms with Gasteiger partial charge in [0.05, 0.1) is 23.2 Å². The maximum Gasteiger partial charge on any atom is 0.145 e. The van der Waals surface area contributed by atoms with E-state index in [1.54, 1.807) is 0 Å². The molecule has 0 radical (unpaired) electrons. The van der Waals surface area contributed by atoms with Crippen molar-refractivity contribution in [1.29, 1.82) is 0 Å². The van der Waals surface area contributed by atoms with Crippen LogP contribution in [0.1, 0.15) is 31.2 Å². The lowest BCUT2D eigenvalue weighted by molar-refractivity contribution is 0.0715. The largest absolute Gasteiger partial charge is 0.375 e. The average Bonchev–Trinajstić information content (AvgIpc) is 2.76. The van der Waals surface area contributed by atoms with Crippen LogP contribution in [-0.2, 0) is 11.3 Å². The number of rotatable bonds is 4. The van der Waals surface area contributed by atoms with Gasteiger partial charge < -0.3 is 10.5 Å². The Labute approximate surface area is 114 Å². The first-order chi connectivity index (χ1) is 8.52. The van der Waals surface area contributed by atoms with E-state index in [1.165, 1.54) is 12.1 Å². The molecular formula is C13H16BrF2NO. The molecule has 1 aromatic rings. The maximum atomic E-state index is 13.7. The van der Waals surface area contributed by atoms with Gasteiger partial charge in [0, 0.05) is 5.54 Å². The zero-order valence-corrected chi connectivity index (χ0v) is 11.6. The van der Waals surface area contributed by atoms with Crippen molar-refractivity contribution in [2.75, 3.05) is 6.61 Å². The minimum Gasteiger partial charge on any atom is -0.375 e. The zero-order chi connectivity index (χ0) is 13.2. The number of ether oxygens (including phenoxy) is 1. The Bertz CT molecular complexity index is 433. The topological polar surface area (TPSA) is 35.2 Å². The molecule has 100 valence electrons. The molecule has 2 rings (SSSR count). The summed E-state index contributed by atoms with van der Waals surface area (Å²) in [5.74, 6) is -1.19. The van der Waals surface area contributed by atoms with Crippen LogP contribution >= 0.6 is 15.9 Å². The smallest absolute Gasteiger partial charge is 0.145 e. The third-order valence-electron chi connectivity index (χ3n) is 3.37. The van der Waals surface area contributed by atoms with Gasteiger partial charge in [0.2, 0.25) is 0 Å². The predicted octanol–water partition coefficient (Wildman–Crippen LogP) is 3.52. The fourth-order valence-electron chi connectivity index (χ4n) is 2.28. The Morgan fingerprint density at radius 3 is 2.61 bits per heavy atom. The summed E-state index contributed by atoms with van der Waals surface area (Å²) in [5.41, 5.74) is 5.74. The molecule has 0 heterocycles. The third-order valence-corrected chi connectivity index (χ3v) is 3.99. The highest BCUT2D eigenvalue weighted by molar-refractivity contribution is 9.10. The summed E-state index contributed by atoms with van der Waals surface area (Å²) in [4.78, 5) is 0. The van der Waals surface area contributed by atoms with E-state index in [1.807, 2.05) is 0 Å². The van der Waals surface area contributed by atoms with Crippen molar-refractivity contribution in [2.24, 2.45) is 5.73 Å². The lowest BCUT2D eigenvalue weighted by atomic mass is 10.0. The Balaban J connectivity index is 1.96. The van der Waals surface area contributed by atoms with Gasteiger partial charge in [-0.15, -0.1) is 0 Å². The first-order valence-corrected chi connectivity index (χ1v) is 6.80. The van der Waals surface area contributed by atoms with Crippen LogP contribution in [-0.4, -0.2) is 12.1 Å². The summed E-state index contributed by atoms with van der Waals surface area (Å²) in [6, 6.07) is 2.56. The molecule has 1 aliphatic rings. The van der Waals surface area contributed by atoms with Crippen molar-refractivity contribution in [3.63, 3.8) is 0 Å². The summed E-state index contributed by atoms with van der Waals surface area (Å²) in [5, 5.41) is 0. The van der Waals surface area contributed by atoms with Crippen LogP contribution in [0.25, 0.3) is 0 Å². The highest BCUT2D eigenvalue weighted by atomic mass is 79.9. The Hall–Kier alpha value is -0.520. The Morgan fingerprint density at radius 2 is 1.94 bits per heavy atom. The van der Waals surface area contributed by atoms with Gasteiger partial charge in [0.1, 0.15) is 11.6 Å². The summed E-state index contributed by atoms with van der Waals surface area (Å²) in [6.45, 7) is 0.258. The molecule has 2 nitrogen and oxygen atoms in total. The van der Waals surface area contributed by atoms with E-state index in [0.29, 0.717) is 6.61 Å². The van der Waals surface area contributed by atoms with E-state index in [4.69, 9.17) is 10.5 Å². The van der Waals surface area contributed by atoms with E-state index in [0.717, 1.165) is 25.7 Å². The van der Waals surface area contributed by atoms with Gasteiger partial charge in [-0.05, 0) is 40.9 Å². The van der Waals surface area contributed by atoms with Crippen LogP contribution in [0.3, 0.4) is 0 Å². The van der Waals surface area contributed by atoms with Gasteiger partial charge in [0.15, 0.2) is 0 Å². The number of halogens is 3. The first kappa shape index (κ1) is 13.9. The van der Waals surface area contributed by atoms with Gasteiger partial charge in [-0.25, -0.2) is 8.78 Å². The van der Waals surface area contributed by atoms with Crippen molar-refractivity contribution in [2.45, 2.75) is 37.8 Å². The lowest BCUT2D eigenvalue weighted by Crippen LogP contribution is -2.41. The highest BCUT2D eigenvalue weighted by Gasteiger charge is 2.29. The van der Waals surface area contributed by atoms with Crippen LogP contribution < -0.4 is 5.73 Å². The van der Waals surface area contributed by atoms with E-state index in [2.05, 4.69) is 15.9 Å². The van der Waals surface area contributed by atoms with Crippen LogP contribution in [0.15, 0.2) is 16.6 Å². The van der Waals surface area contributed by atoms with Gasteiger partial charge >= 0.3 is 0 Å². The van der Waals surface area contributed by atoms with Crippen LogP contribution in [0.4, 0.5) is 8.78 Å². The molecule has 0 unspecified atom stereocenters. The van der Waals surface area contributed by atoms with Crippen LogP contribution in [0, 0.1) is 11.6 Å². The van der Waals surface area contributed by atoms with E-state index >= 15 is 0 Å². The lowest BCUT2D eigenvalue weighted by Gasteiger charge is -2.23. The first-order valence-electron chi connectivity index (χ1n) is 6.01. The van der Waals surface area contributed by atoms with Crippen LogP contribution in [0.2, 0.25) is 0 Å². The molecule has 0 saturated heterocycles. The molecule has 5 heteroatoms. The van der Waals surface area contributed by atoms with Gasteiger partial charge in [0.25, 0.3) is 0 Å². The second kappa shape index (κ2) is 5.63. The summed E-state index contributed by atoms with van der Waals surface area (Å²) in [6.07, 6.45) is 4.02. The fraction of sp³-hybridized carbons (Fsp3) is 0.538. The molecule has 1 aliphatic carbocycles. The van der Waals surface area contributed by atoms with E-state index in [9.17, 15) is 8.78 Å². The molecule has 1 fully saturated rings. The minimum absolute atomic E-state index is 0.0500. The molecule has 0 bridgehead atoms. The Kier molecular flexibility index (Phi) is 4.35. The maximum absolute atomic E-state index is 13.7. The molecular weight excluding hydrogens is 304 g/mol. The van der Waals surface area contributed by atoms with Gasteiger partial charge in [-0.1, -0.05) is 12.8 Å². The second-order valence-electron chi connectivity index (χ2n) is 4.88. The number of nitrogens with two attached hydrogens (primary N) is 1. The fourth-order valence-corrected chi connectivity index (χ4v) is 2.65. The third kappa shape index (κ3) is 3.08. The molecule has 18 heavy (non-hydrogen) atoms. The molecule has 1 saturated carbocycles. The molecule has 0 aliphatic heterocycles. The average molecular weight is 320 g/mol. The SMILES string of the molecule is NC1(COCc2c(F)ccc(Br)c2F)CCCC1. The normalized spacial score (nSPS) is 18.2. The summed E-state index contributed by atoms with van der Waals surface area (Å²) >= 11 is 3.03. The Morgan fingerprint density at radius 1 is 1.28 bits per heavy atom. The quantitative estimate of drug-likeness (QED) is 0.862. The van der Waals surface area contributed by atoms with Gasteiger partial charge in [-0.2, -0.15) is 0 Å². The zero-order valence-electron chi connectivity index (χ0n) is 10.0. The van der Waals surface area contributed by atoms with Crippen molar-refractivity contribution < 1.29 is 13.5 Å². The van der Waals surface area contributed by atoms with Crippen molar-refractivity contribution in [1.82, 2.24) is 0 Å². The second-order valence-corrected chi connectivity index (χ2v) is 5.74.